The van der Waals surface area contributed by atoms with E-state index in [1.165, 1.54) is 32.2 Å². The van der Waals surface area contributed by atoms with Crippen molar-refractivity contribution >= 4 is 0 Å². The van der Waals surface area contributed by atoms with Crippen LogP contribution in [0, 0.1) is 5.92 Å². The van der Waals surface area contributed by atoms with E-state index in [9.17, 15) is 0 Å². The minimum absolute atomic E-state index is 0.129. The summed E-state index contributed by atoms with van der Waals surface area (Å²) in [6.45, 7) is 12.5. The Morgan fingerprint density at radius 1 is 1.10 bits per heavy atom. The standard InChI is InChI=1S/C17H30N2O2/c1-2-7-18-8-10-20-15-17(13-18)14-19(9-11-21-17)12-16-5-3-4-6-16/h2,16H,1,3-15H2. The van der Waals surface area contributed by atoms with E-state index in [0.29, 0.717) is 0 Å². The molecule has 2 saturated heterocycles. The van der Waals surface area contributed by atoms with E-state index >= 15 is 0 Å². The van der Waals surface area contributed by atoms with Crippen LogP contribution in [-0.2, 0) is 9.47 Å². The van der Waals surface area contributed by atoms with Gasteiger partial charge in [-0.3, -0.25) is 9.80 Å². The van der Waals surface area contributed by atoms with Gasteiger partial charge in [0.1, 0.15) is 5.60 Å². The van der Waals surface area contributed by atoms with Crippen LogP contribution in [0.5, 0.6) is 0 Å². The maximum absolute atomic E-state index is 6.22. The van der Waals surface area contributed by atoms with Gasteiger partial charge in [0, 0.05) is 39.3 Å². The Morgan fingerprint density at radius 3 is 2.67 bits per heavy atom. The molecule has 21 heavy (non-hydrogen) atoms. The van der Waals surface area contributed by atoms with Crippen molar-refractivity contribution in [2.75, 3.05) is 59.1 Å². The van der Waals surface area contributed by atoms with Crippen LogP contribution in [0.4, 0.5) is 0 Å². The van der Waals surface area contributed by atoms with E-state index in [0.717, 1.165) is 58.5 Å². The van der Waals surface area contributed by atoms with Gasteiger partial charge in [-0.2, -0.15) is 0 Å². The lowest BCUT2D eigenvalue weighted by atomic mass is 10.00. The van der Waals surface area contributed by atoms with Crippen molar-refractivity contribution in [1.29, 1.82) is 0 Å². The SMILES string of the molecule is C=CCN1CCOCC2(C1)CN(CC1CCCC1)CCO2. The predicted octanol–water partition coefficient (Wildman–Crippen LogP) is 1.77. The summed E-state index contributed by atoms with van der Waals surface area (Å²) >= 11 is 0. The normalized spacial score (nSPS) is 33.3. The first-order valence-corrected chi connectivity index (χ1v) is 8.57. The number of nitrogens with zero attached hydrogens (tertiary/aromatic N) is 2. The zero-order valence-electron chi connectivity index (χ0n) is 13.3. The van der Waals surface area contributed by atoms with Gasteiger partial charge in [-0.25, -0.2) is 0 Å². The summed E-state index contributed by atoms with van der Waals surface area (Å²) < 4.78 is 12.1. The number of hydrogen-bond donors (Lipinski definition) is 0. The molecule has 1 aliphatic carbocycles. The first-order valence-electron chi connectivity index (χ1n) is 8.57. The van der Waals surface area contributed by atoms with Crippen molar-refractivity contribution in [3.63, 3.8) is 0 Å². The number of hydrogen-bond acceptors (Lipinski definition) is 4. The molecule has 2 aliphatic heterocycles. The number of ether oxygens (including phenoxy) is 2. The Bertz CT molecular complexity index is 344. The number of rotatable bonds is 4. The summed E-state index contributed by atoms with van der Waals surface area (Å²) in [5, 5.41) is 0. The molecule has 0 radical (unpaired) electrons. The third-order valence-corrected chi connectivity index (χ3v) is 5.13. The quantitative estimate of drug-likeness (QED) is 0.738. The van der Waals surface area contributed by atoms with Gasteiger partial charge in [-0.05, 0) is 18.8 Å². The largest absolute Gasteiger partial charge is 0.377 e. The Balaban J connectivity index is 1.60. The van der Waals surface area contributed by atoms with Gasteiger partial charge in [0.05, 0.1) is 19.8 Å². The third-order valence-electron chi connectivity index (χ3n) is 5.13. The molecule has 3 aliphatic rings. The fraction of sp³-hybridized carbons (Fsp3) is 0.882. The van der Waals surface area contributed by atoms with E-state index in [-0.39, 0.29) is 5.60 Å². The molecule has 0 bridgehead atoms. The van der Waals surface area contributed by atoms with Gasteiger partial charge < -0.3 is 9.47 Å². The molecule has 4 nitrogen and oxygen atoms in total. The van der Waals surface area contributed by atoms with E-state index < -0.39 is 0 Å². The molecular formula is C17H30N2O2. The van der Waals surface area contributed by atoms with Crippen LogP contribution >= 0.6 is 0 Å². The van der Waals surface area contributed by atoms with Crippen LogP contribution in [0.15, 0.2) is 12.7 Å². The third kappa shape index (κ3) is 4.07. The van der Waals surface area contributed by atoms with Crippen LogP contribution < -0.4 is 0 Å². The molecule has 0 aromatic heterocycles. The molecule has 4 heteroatoms. The topological polar surface area (TPSA) is 24.9 Å². The minimum atomic E-state index is -0.129. The molecule has 0 aromatic rings. The highest BCUT2D eigenvalue weighted by molar-refractivity contribution is 4.94. The van der Waals surface area contributed by atoms with Crippen LogP contribution in [-0.4, -0.2) is 74.5 Å². The molecular weight excluding hydrogens is 264 g/mol. The van der Waals surface area contributed by atoms with Crippen LogP contribution in [0.25, 0.3) is 0 Å². The lowest BCUT2D eigenvalue weighted by molar-refractivity contribution is -0.142. The van der Waals surface area contributed by atoms with Crippen molar-refractivity contribution < 1.29 is 9.47 Å². The molecule has 0 N–H and O–H groups in total. The second-order valence-electron chi connectivity index (χ2n) is 6.99. The molecule has 1 atom stereocenters. The summed E-state index contributed by atoms with van der Waals surface area (Å²) in [5.74, 6) is 0.913. The van der Waals surface area contributed by atoms with Gasteiger partial charge in [-0.15, -0.1) is 6.58 Å². The molecule has 3 fully saturated rings. The Morgan fingerprint density at radius 2 is 1.86 bits per heavy atom. The zero-order valence-corrected chi connectivity index (χ0v) is 13.3. The Labute approximate surface area is 129 Å². The highest BCUT2D eigenvalue weighted by atomic mass is 16.5. The minimum Gasteiger partial charge on any atom is -0.377 e. The van der Waals surface area contributed by atoms with Crippen LogP contribution in [0.3, 0.4) is 0 Å². The molecule has 1 saturated carbocycles. The highest BCUT2D eigenvalue weighted by Crippen LogP contribution is 2.28. The fourth-order valence-electron chi connectivity index (χ4n) is 4.14. The smallest absolute Gasteiger partial charge is 0.117 e. The van der Waals surface area contributed by atoms with Crippen LogP contribution in [0.2, 0.25) is 0 Å². The molecule has 2 heterocycles. The molecule has 0 aromatic carbocycles. The predicted molar refractivity (Wildman–Crippen MR) is 84.5 cm³/mol. The van der Waals surface area contributed by atoms with E-state index in [2.05, 4.69) is 16.4 Å². The first kappa shape index (κ1) is 15.5. The summed E-state index contributed by atoms with van der Waals surface area (Å²) in [6.07, 6.45) is 7.68. The summed E-state index contributed by atoms with van der Waals surface area (Å²) in [5.41, 5.74) is -0.129. The lowest BCUT2D eigenvalue weighted by Gasteiger charge is -2.44. The van der Waals surface area contributed by atoms with Crippen molar-refractivity contribution in [3.8, 4) is 0 Å². The van der Waals surface area contributed by atoms with Crippen molar-refractivity contribution in [2.24, 2.45) is 5.92 Å². The second-order valence-corrected chi connectivity index (χ2v) is 6.99. The van der Waals surface area contributed by atoms with Crippen molar-refractivity contribution in [1.82, 2.24) is 9.80 Å². The summed E-state index contributed by atoms with van der Waals surface area (Å²) in [6, 6.07) is 0. The van der Waals surface area contributed by atoms with Crippen LogP contribution in [0.1, 0.15) is 25.7 Å². The second kappa shape index (κ2) is 7.23. The van der Waals surface area contributed by atoms with Gasteiger partial charge in [0.2, 0.25) is 0 Å². The van der Waals surface area contributed by atoms with E-state index in [1.54, 1.807) is 0 Å². The summed E-state index contributed by atoms with van der Waals surface area (Å²) in [7, 11) is 0. The maximum Gasteiger partial charge on any atom is 0.117 e. The number of morpholine rings is 1. The Hall–Kier alpha value is -0.420. The molecule has 0 amide bonds. The van der Waals surface area contributed by atoms with Crippen molar-refractivity contribution in [2.45, 2.75) is 31.3 Å². The van der Waals surface area contributed by atoms with E-state index in [4.69, 9.17) is 9.47 Å². The average Bonchev–Trinajstić information content (AvgIpc) is 2.90. The lowest BCUT2D eigenvalue weighted by Crippen LogP contribution is -2.59. The molecule has 1 unspecified atom stereocenters. The van der Waals surface area contributed by atoms with Gasteiger partial charge in [0.15, 0.2) is 0 Å². The zero-order chi connectivity index (χ0) is 14.5. The van der Waals surface area contributed by atoms with Gasteiger partial charge in [0.25, 0.3) is 0 Å². The van der Waals surface area contributed by atoms with E-state index in [1.807, 2.05) is 6.08 Å². The fourth-order valence-corrected chi connectivity index (χ4v) is 4.14. The van der Waals surface area contributed by atoms with Gasteiger partial charge >= 0.3 is 0 Å². The van der Waals surface area contributed by atoms with Gasteiger partial charge in [-0.1, -0.05) is 18.9 Å². The Kier molecular flexibility index (Phi) is 5.33. The molecule has 120 valence electrons. The first-order chi connectivity index (χ1) is 10.3. The highest BCUT2D eigenvalue weighted by Gasteiger charge is 2.40. The maximum atomic E-state index is 6.22. The van der Waals surface area contributed by atoms with Crippen molar-refractivity contribution in [3.05, 3.63) is 12.7 Å². The molecule has 1 spiro atoms. The summed E-state index contributed by atoms with van der Waals surface area (Å²) in [4.78, 5) is 5.04. The average molecular weight is 294 g/mol. The monoisotopic (exact) mass is 294 g/mol. The molecule has 3 rings (SSSR count).